The standard InChI is InChI=1S/C14H18O4/c1-3-18-14(16)10-6-8-12(15)11-7-4-5-9-13(11)17-2/h4-7,9-10,12,15H,3,8H2,1-2H3/b10-6+/t12-/m1/s1. The number of benzene rings is 1. The summed E-state index contributed by atoms with van der Waals surface area (Å²) in [7, 11) is 1.56. The molecule has 0 aliphatic carbocycles. The zero-order chi connectivity index (χ0) is 13.4. The van der Waals surface area contributed by atoms with E-state index in [1.54, 1.807) is 32.2 Å². The van der Waals surface area contributed by atoms with Gasteiger partial charge in [0, 0.05) is 11.6 Å². The molecule has 98 valence electrons. The van der Waals surface area contributed by atoms with E-state index in [0.29, 0.717) is 24.3 Å². The van der Waals surface area contributed by atoms with Gasteiger partial charge in [-0.15, -0.1) is 0 Å². The van der Waals surface area contributed by atoms with Gasteiger partial charge in [-0.25, -0.2) is 4.79 Å². The van der Waals surface area contributed by atoms with Crippen LogP contribution in [0.2, 0.25) is 0 Å². The molecule has 18 heavy (non-hydrogen) atoms. The molecule has 1 N–H and O–H groups in total. The number of carbonyl (C=O) groups is 1. The lowest BCUT2D eigenvalue weighted by molar-refractivity contribution is -0.137. The number of esters is 1. The first-order valence-corrected chi connectivity index (χ1v) is 5.83. The van der Waals surface area contributed by atoms with Gasteiger partial charge in [0.1, 0.15) is 5.75 Å². The summed E-state index contributed by atoms with van der Waals surface area (Å²) in [5.74, 6) is 0.235. The third-order valence-electron chi connectivity index (χ3n) is 2.40. The molecule has 0 aliphatic rings. The van der Waals surface area contributed by atoms with Crippen LogP contribution in [0.4, 0.5) is 0 Å². The Bertz CT molecular complexity index is 412. The van der Waals surface area contributed by atoms with E-state index in [9.17, 15) is 9.90 Å². The second-order valence-electron chi connectivity index (χ2n) is 3.65. The van der Waals surface area contributed by atoms with Crippen LogP contribution in [0.15, 0.2) is 36.4 Å². The number of ether oxygens (including phenoxy) is 2. The van der Waals surface area contributed by atoms with Crippen molar-refractivity contribution in [1.82, 2.24) is 0 Å². The number of methoxy groups -OCH3 is 1. The molecule has 0 aromatic heterocycles. The van der Waals surface area contributed by atoms with Crippen molar-refractivity contribution in [2.45, 2.75) is 19.4 Å². The van der Waals surface area contributed by atoms with E-state index >= 15 is 0 Å². The fourth-order valence-electron chi connectivity index (χ4n) is 1.55. The maximum Gasteiger partial charge on any atom is 0.330 e. The van der Waals surface area contributed by atoms with Crippen LogP contribution in [0, 0.1) is 0 Å². The van der Waals surface area contributed by atoms with Gasteiger partial charge in [-0.3, -0.25) is 0 Å². The monoisotopic (exact) mass is 250 g/mol. The van der Waals surface area contributed by atoms with Crippen molar-refractivity contribution >= 4 is 5.97 Å². The molecule has 1 aromatic carbocycles. The van der Waals surface area contributed by atoms with Gasteiger partial charge in [0.25, 0.3) is 0 Å². The molecule has 4 nitrogen and oxygen atoms in total. The molecule has 0 radical (unpaired) electrons. The predicted molar refractivity (Wildman–Crippen MR) is 68.3 cm³/mol. The van der Waals surface area contributed by atoms with Gasteiger partial charge in [0.2, 0.25) is 0 Å². The molecule has 0 amide bonds. The van der Waals surface area contributed by atoms with E-state index in [1.807, 2.05) is 12.1 Å². The van der Waals surface area contributed by atoms with Crippen molar-refractivity contribution in [1.29, 1.82) is 0 Å². The molecule has 0 saturated heterocycles. The van der Waals surface area contributed by atoms with Crippen molar-refractivity contribution in [2.75, 3.05) is 13.7 Å². The fourth-order valence-corrected chi connectivity index (χ4v) is 1.55. The predicted octanol–water partition coefficient (Wildman–Crippen LogP) is 2.24. The highest BCUT2D eigenvalue weighted by Gasteiger charge is 2.10. The summed E-state index contributed by atoms with van der Waals surface area (Å²) >= 11 is 0. The van der Waals surface area contributed by atoms with Crippen molar-refractivity contribution in [3.63, 3.8) is 0 Å². The Morgan fingerprint density at radius 2 is 2.17 bits per heavy atom. The van der Waals surface area contributed by atoms with Gasteiger partial charge in [-0.2, -0.15) is 0 Å². The normalized spacial score (nSPS) is 12.4. The number of carbonyl (C=O) groups excluding carboxylic acids is 1. The van der Waals surface area contributed by atoms with E-state index < -0.39 is 12.1 Å². The molecule has 0 unspecified atom stereocenters. The summed E-state index contributed by atoms with van der Waals surface area (Å²) in [4.78, 5) is 11.1. The third kappa shape index (κ3) is 4.22. The molecule has 1 atom stereocenters. The number of hydrogen-bond acceptors (Lipinski definition) is 4. The Balaban J connectivity index is 2.60. The molecular formula is C14H18O4. The molecule has 0 saturated carbocycles. The quantitative estimate of drug-likeness (QED) is 0.621. The molecule has 0 aliphatic heterocycles. The highest BCUT2D eigenvalue weighted by atomic mass is 16.5. The second-order valence-corrected chi connectivity index (χ2v) is 3.65. The smallest absolute Gasteiger partial charge is 0.330 e. The van der Waals surface area contributed by atoms with Gasteiger partial charge in [0.15, 0.2) is 0 Å². The van der Waals surface area contributed by atoms with Crippen molar-refractivity contribution in [3.05, 3.63) is 42.0 Å². The Hall–Kier alpha value is -1.81. The number of aliphatic hydroxyl groups is 1. The van der Waals surface area contributed by atoms with Crippen LogP contribution >= 0.6 is 0 Å². The Kier molecular flexibility index (Phi) is 5.94. The molecule has 4 heteroatoms. The lowest BCUT2D eigenvalue weighted by atomic mass is 10.1. The Labute approximate surface area is 107 Å². The molecule has 0 heterocycles. The first kappa shape index (κ1) is 14.3. The third-order valence-corrected chi connectivity index (χ3v) is 2.40. The highest BCUT2D eigenvalue weighted by Crippen LogP contribution is 2.26. The summed E-state index contributed by atoms with van der Waals surface area (Å²) in [6, 6.07) is 7.25. The number of aliphatic hydroxyl groups excluding tert-OH is 1. The first-order chi connectivity index (χ1) is 8.69. The lowest BCUT2D eigenvalue weighted by Gasteiger charge is -2.12. The highest BCUT2D eigenvalue weighted by molar-refractivity contribution is 5.81. The average molecular weight is 250 g/mol. The van der Waals surface area contributed by atoms with Crippen LogP contribution < -0.4 is 4.74 Å². The molecular weight excluding hydrogens is 232 g/mol. The second kappa shape index (κ2) is 7.50. The molecule has 0 bridgehead atoms. The minimum absolute atomic E-state index is 0.333. The zero-order valence-corrected chi connectivity index (χ0v) is 10.6. The summed E-state index contributed by atoms with van der Waals surface area (Å²) < 4.78 is 9.90. The topological polar surface area (TPSA) is 55.8 Å². The molecule has 1 aromatic rings. The summed E-state index contributed by atoms with van der Waals surface area (Å²) in [5, 5.41) is 9.99. The van der Waals surface area contributed by atoms with Crippen LogP contribution in [0.3, 0.4) is 0 Å². The van der Waals surface area contributed by atoms with Crippen molar-refractivity contribution in [3.8, 4) is 5.75 Å². The van der Waals surface area contributed by atoms with Crippen LogP contribution in [-0.4, -0.2) is 24.8 Å². The maximum absolute atomic E-state index is 11.1. The number of hydrogen-bond donors (Lipinski definition) is 1. The van der Waals surface area contributed by atoms with E-state index in [2.05, 4.69) is 0 Å². The van der Waals surface area contributed by atoms with Crippen molar-refractivity contribution < 1.29 is 19.4 Å². The summed E-state index contributed by atoms with van der Waals surface area (Å²) in [5.41, 5.74) is 0.702. The average Bonchev–Trinajstić information content (AvgIpc) is 2.38. The number of para-hydroxylation sites is 1. The van der Waals surface area contributed by atoms with Gasteiger partial charge >= 0.3 is 5.97 Å². The van der Waals surface area contributed by atoms with Crippen LogP contribution in [0.25, 0.3) is 0 Å². The molecule has 1 rings (SSSR count). The van der Waals surface area contributed by atoms with Crippen LogP contribution in [0.5, 0.6) is 5.75 Å². The van der Waals surface area contributed by atoms with E-state index in [1.165, 1.54) is 6.08 Å². The number of rotatable bonds is 6. The van der Waals surface area contributed by atoms with Gasteiger partial charge < -0.3 is 14.6 Å². The molecule has 0 spiro atoms. The van der Waals surface area contributed by atoms with E-state index in [4.69, 9.17) is 9.47 Å². The van der Waals surface area contributed by atoms with Gasteiger partial charge in [-0.05, 0) is 19.4 Å². The van der Waals surface area contributed by atoms with Crippen molar-refractivity contribution in [2.24, 2.45) is 0 Å². The van der Waals surface area contributed by atoms with Crippen LogP contribution in [0.1, 0.15) is 25.0 Å². The van der Waals surface area contributed by atoms with Gasteiger partial charge in [-0.1, -0.05) is 24.3 Å². The maximum atomic E-state index is 11.1. The van der Waals surface area contributed by atoms with Gasteiger partial charge in [0.05, 0.1) is 19.8 Å². The largest absolute Gasteiger partial charge is 0.496 e. The minimum Gasteiger partial charge on any atom is -0.496 e. The summed E-state index contributed by atoms with van der Waals surface area (Å²) in [6.07, 6.45) is 2.54. The lowest BCUT2D eigenvalue weighted by Crippen LogP contribution is -2.01. The Morgan fingerprint density at radius 1 is 1.44 bits per heavy atom. The Morgan fingerprint density at radius 3 is 2.83 bits per heavy atom. The molecule has 0 fully saturated rings. The van der Waals surface area contributed by atoms with E-state index in [0.717, 1.165) is 0 Å². The fraction of sp³-hybridized carbons (Fsp3) is 0.357. The zero-order valence-electron chi connectivity index (χ0n) is 10.6. The summed E-state index contributed by atoms with van der Waals surface area (Å²) in [6.45, 7) is 2.09. The minimum atomic E-state index is -0.702. The van der Waals surface area contributed by atoms with Crippen LogP contribution in [-0.2, 0) is 9.53 Å². The van der Waals surface area contributed by atoms with E-state index in [-0.39, 0.29) is 0 Å². The SMILES string of the molecule is CCOC(=O)/C=C/C[C@@H](O)c1ccccc1OC. The first-order valence-electron chi connectivity index (χ1n) is 5.83.